The zero-order valence-corrected chi connectivity index (χ0v) is 15.8. The third-order valence-electron chi connectivity index (χ3n) is 4.58. The van der Waals surface area contributed by atoms with Gasteiger partial charge in [-0.1, -0.05) is 54.6 Å². The van der Waals surface area contributed by atoms with Crippen molar-refractivity contribution in [2.75, 3.05) is 5.73 Å². The van der Waals surface area contributed by atoms with Crippen molar-refractivity contribution in [2.45, 2.75) is 6.92 Å². The Morgan fingerprint density at radius 3 is 2.25 bits per heavy atom. The number of fused-ring (bicyclic) bond motifs is 1. The topological polar surface area (TPSA) is 93.0 Å². The van der Waals surface area contributed by atoms with E-state index in [1.54, 1.807) is 12.1 Å². The van der Waals surface area contributed by atoms with Crippen LogP contribution in [0.5, 0.6) is 0 Å². The van der Waals surface area contributed by atoms with Crippen LogP contribution in [0.4, 0.5) is 5.69 Å². The predicted octanol–water partition coefficient (Wildman–Crippen LogP) is 4.27. The van der Waals surface area contributed by atoms with Crippen LogP contribution >= 0.6 is 11.3 Å². The first-order valence-corrected chi connectivity index (χ1v) is 9.44. The molecule has 0 spiro atoms. The second-order valence-corrected chi connectivity index (χ2v) is 7.45. The summed E-state index contributed by atoms with van der Waals surface area (Å²) in [6, 6.07) is 18.6. The summed E-state index contributed by atoms with van der Waals surface area (Å²) in [7, 11) is 0. The minimum Gasteiger partial charge on any atom is -0.397 e. The van der Waals surface area contributed by atoms with E-state index < -0.39 is 5.56 Å². The molecular weight excluding hydrogens is 372 g/mol. The van der Waals surface area contributed by atoms with E-state index in [2.05, 4.69) is 4.98 Å². The van der Waals surface area contributed by atoms with Gasteiger partial charge in [0.05, 0.1) is 11.3 Å². The molecule has 0 bridgehead atoms. The number of anilines is 1. The molecule has 0 radical (unpaired) electrons. The smallest absolute Gasteiger partial charge is 0.259 e. The molecule has 3 N–H and O–H groups in total. The molecule has 0 aliphatic heterocycles. The third kappa shape index (κ3) is 3.04. The Morgan fingerprint density at radius 2 is 1.61 bits per heavy atom. The number of aromatic amines is 1. The summed E-state index contributed by atoms with van der Waals surface area (Å²) in [6.07, 6.45) is 0. The fourth-order valence-electron chi connectivity index (χ4n) is 3.08. The second-order valence-electron chi connectivity index (χ2n) is 6.43. The quantitative estimate of drug-likeness (QED) is 0.511. The van der Waals surface area contributed by atoms with Crippen LogP contribution in [0.15, 0.2) is 65.5 Å². The van der Waals surface area contributed by atoms with E-state index in [1.807, 2.05) is 42.5 Å². The minimum atomic E-state index is -0.479. The largest absolute Gasteiger partial charge is 0.397 e. The van der Waals surface area contributed by atoms with Crippen LogP contribution in [-0.2, 0) is 0 Å². The molecule has 0 fully saturated rings. The molecule has 0 atom stereocenters. The lowest BCUT2D eigenvalue weighted by Crippen LogP contribution is -2.14. The van der Waals surface area contributed by atoms with E-state index in [9.17, 15) is 14.4 Å². The Hall–Kier alpha value is -3.51. The molecule has 138 valence electrons. The van der Waals surface area contributed by atoms with E-state index in [0.717, 1.165) is 22.5 Å². The number of carbonyl (C=O) groups excluding carboxylic acids is 2. The van der Waals surface area contributed by atoms with Gasteiger partial charge in [-0.2, -0.15) is 0 Å². The number of aromatic nitrogens is 1. The summed E-state index contributed by atoms with van der Waals surface area (Å²) >= 11 is 1.12. The number of Topliss-reactive ketones (excluding diaryl/α,β-unsaturated/α-hetero) is 1. The van der Waals surface area contributed by atoms with Crippen LogP contribution < -0.4 is 11.3 Å². The molecule has 28 heavy (non-hydrogen) atoms. The van der Waals surface area contributed by atoms with Crippen molar-refractivity contribution >= 4 is 38.8 Å². The van der Waals surface area contributed by atoms with Crippen LogP contribution in [0.3, 0.4) is 0 Å². The lowest BCUT2D eigenvalue weighted by molar-refractivity contribution is 0.101. The van der Waals surface area contributed by atoms with Gasteiger partial charge in [-0.15, -0.1) is 11.3 Å². The average Bonchev–Trinajstić information content (AvgIpc) is 3.03. The molecule has 0 aliphatic rings. The summed E-state index contributed by atoms with van der Waals surface area (Å²) < 4.78 is 0. The Labute approximate surface area is 164 Å². The minimum absolute atomic E-state index is 0.0308. The normalized spacial score (nSPS) is 10.9. The molecular formula is C22H16N2O3S. The van der Waals surface area contributed by atoms with Crippen LogP contribution in [0, 0.1) is 0 Å². The summed E-state index contributed by atoms with van der Waals surface area (Å²) in [5.74, 6) is -0.568. The number of H-pyrrole nitrogens is 1. The van der Waals surface area contributed by atoms with Crippen LogP contribution in [-0.4, -0.2) is 16.6 Å². The molecule has 0 amide bonds. The maximum atomic E-state index is 13.0. The Balaban J connectivity index is 1.74. The number of nitrogens with one attached hydrogen (secondary N) is 1. The standard InChI is InChI=1S/C22H16N2O3S/c1-12(25)16-11-17-18(23)20(28-22(17)24-21(16)27)19(26)15-9-7-14(8-10-15)13-5-3-2-4-6-13/h2-11H,23H2,1H3,(H,24,27). The maximum absolute atomic E-state index is 13.0. The van der Waals surface area contributed by atoms with Crippen molar-refractivity contribution in [3.63, 3.8) is 0 Å². The molecule has 0 saturated heterocycles. The maximum Gasteiger partial charge on any atom is 0.259 e. The van der Waals surface area contributed by atoms with Crippen molar-refractivity contribution in [1.82, 2.24) is 4.98 Å². The van der Waals surface area contributed by atoms with Gasteiger partial charge in [-0.25, -0.2) is 0 Å². The number of hydrogen-bond acceptors (Lipinski definition) is 5. The summed E-state index contributed by atoms with van der Waals surface area (Å²) in [5, 5.41) is 0.513. The first kappa shape index (κ1) is 17.9. The summed E-state index contributed by atoms with van der Waals surface area (Å²) in [6.45, 7) is 1.32. The molecule has 0 unspecified atom stereocenters. The van der Waals surface area contributed by atoms with Crippen molar-refractivity contribution in [2.24, 2.45) is 0 Å². The van der Waals surface area contributed by atoms with Crippen molar-refractivity contribution in [3.8, 4) is 11.1 Å². The van der Waals surface area contributed by atoms with Crippen molar-refractivity contribution in [3.05, 3.63) is 87.0 Å². The van der Waals surface area contributed by atoms with E-state index in [0.29, 0.717) is 20.7 Å². The van der Waals surface area contributed by atoms with Gasteiger partial charge in [0, 0.05) is 10.9 Å². The molecule has 2 aromatic heterocycles. The average molecular weight is 388 g/mol. The van der Waals surface area contributed by atoms with E-state index >= 15 is 0 Å². The monoisotopic (exact) mass is 388 g/mol. The number of nitrogen functional groups attached to an aromatic ring is 1. The van der Waals surface area contributed by atoms with Gasteiger partial charge in [-0.3, -0.25) is 14.4 Å². The van der Waals surface area contributed by atoms with Gasteiger partial charge < -0.3 is 10.7 Å². The lowest BCUT2D eigenvalue weighted by atomic mass is 10.0. The number of pyridine rings is 1. The number of thiophene rings is 1. The molecule has 0 aliphatic carbocycles. The first-order chi connectivity index (χ1) is 13.5. The number of hydrogen-bond donors (Lipinski definition) is 2. The van der Waals surface area contributed by atoms with E-state index in [-0.39, 0.29) is 22.8 Å². The molecule has 0 saturated carbocycles. The van der Waals surface area contributed by atoms with Gasteiger partial charge in [-0.05, 0) is 24.1 Å². The van der Waals surface area contributed by atoms with Crippen molar-refractivity contribution < 1.29 is 9.59 Å². The number of benzene rings is 2. The zero-order valence-electron chi connectivity index (χ0n) is 15.0. The van der Waals surface area contributed by atoms with Crippen molar-refractivity contribution in [1.29, 1.82) is 0 Å². The number of nitrogens with two attached hydrogens (primary N) is 1. The third-order valence-corrected chi connectivity index (χ3v) is 5.72. The van der Waals surface area contributed by atoms with Gasteiger partial charge >= 0.3 is 0 Å². The van der Waals surface area contributed by atoms with Gasteiger partial charge in [0.1, 0.15) is 9.71 Å². The summed E-state index contributed by atoms with van der Waals surface area (Å²) in [4.78, 5) is 40.1. The number of ketones is 2. The van der Waals surface area contributed by atoms with E-state index in [4.69, 9.17) is 5.73 Å². The molecule has 2 heterocycles. The van der Waals surface area contributed by atoms with Crippen LogP contribution in [0.2, 0.25) is 0 Å². The molecule has 5 nitrogen and oxygen atoms in total. The Kier molecular flexibility index (Phi) is 4.41. The number of carbonyl (C=O) groups is 2. The summed E-state index contributed by atoms with van der Waals surface area (Å²) in [5.41, 5.74) is 8.58. The highest BCUT2D eigenvalue weighted by molar-refractivity contribution is 7.21. The molecule has 4 rings (SSSR count). The fraction of sp³-hybridized carbons (Fsp3) is 0.0455. The number of rotatable bonds is 4. The lowest BCUT2D eigenvalue weighted by Gasteiger charge is -2.04. The molecule has 4 aromatic rings. The highest BCUT2D eigenvalue weighted by Crippen LogP contribution is 2.34. The Bertz CT molecular complexity index is 1270. The highest BCUT2D eigenvalue weighted by Gasteiger charge is 2.20. The fourth-order valence-corrected chi connectivity index (χ4v) is 4.14. The second kappa shape index (κ2) is 6.90. The van der Waals surface area contributed by atoms with E-state index in [1.165, 1.54) is 13.0 Å². The zero-order chi connectivity index (χ0) is 19.8. The van der Waals surface area contributed by atoms with Gasteiger partial charge in [0.2, 0.25) is 5.78 Å². The van der Waals surface area contributed by atoms with Gasteiger partial charge in [0.15, 0.2) is 5.78 Å². The first-order valence-electron chi connectivity index (χ1n) is 8.62. The van der Waals surface area contributed by atoms with Gasteiger partial charge in [0.25, 0.3) is 5.56 Å². The Morgan fingerprint density at radius 1 is 0.964 bits per heavy atom. The molecule has 2 aromatic carbocycles. The highest BCUT2D eigenvalue weighted by atomic mass is 32.1. The van der Waals surface area contributed by atoms with Crippen LogP contribution in [0.1, 0.15) is 32.5 Å². The van der Waals surface area contributed by atoms with Crippen LogP contribution in [0.25, 0.3) is 21.3 Å². The predicted molar refractivity (Wildman–Crippen MR) is 112 cm³/mol. The SMILES string of the molecule is CC(=O)c1cc2c(N)c(C(=O)c3ccc(-c4ccccc4)cc3)sc2[nH]c1=O. The molecule has 6 heteroatoms.